The number of benzene rings is 1. The number of hydrogen-bond donors (Lipinski definition) is 2. The highest BCUT2D eigenvalue weighted by Gasteiger charge is 1.99. The number of carbonyl (C=O) groups excluding carboxylic acids is 1. The summed E-state index contributed by atoms with van der Waals surface area (Å²) in [7, 11) is 0. The molecule has 0 atom stereocenters. The number of anilines is 1. The van der Waals surface area contributed by atoms with Crippen LogP contribution in [0.15, 0.2) is 36.9 Å². The Kier molecular flexibility index (Phi) is 4.92. The fraction of sp³-hybridized carbons (Fsp3) is 0.250. The van der Waals surface area contributed by atoms with Gasteiger partial charge in [-0.25, -0.2) is 4.79 Å². The maximum absolute atomic E-state index is 11.0. The lowest BCUT2D eigenvalue weighted by Gasteiger charge is -2.05. The summed E-state index contributed by atoms with van der Waals surface area (Å²) in [5, 5.41) is 2.64. The third kappa shape index (κ3) is 4.50. The van der Waals surface area contributed by atoms with Crippen molar-refractivity contribution in [3.05, 3.63) is 42.5 Å². The summed E-state index contributed by atoms with van der Waals surface area (Å²) < 4.78 is 4.76. The summed E-state index contributed by atoms with van der Waals surface area (Å²) >= 11 is 0. The monoisotopic (exact) mass is 220 g/mol. The van der Waals surface area contributed by atoms with Crippen molar-refractivity contribution in [1.82, 2.24) is 5.32 Å². The van der Waals surface area contributed by atoms with E-state index in [4.69, 9.17) is 10.5 Å². The molecule has 0 heterocycles. The minimum atomic E-state index is -0.421. The summed E-state index contributed by atoms with van der Waals surface area (Å²) in [4.78, 5) is 11.0. The highest BCUT2D eigenvalue weighted by atomic mass is 16.5. The molecule has 16 heavy (non-hydrogen) atoms. The summed E-state index contributed by atoms with van der Waals surface area (Å²) in [6.45, 7) is 4.22. The quantitative estimate of drug-likeness (QED) is 0.586. The van der Waals surface area contributed by atoms with Crippen molar-refractivity contribution < 1.29 is 9.53 Å². The Bertz CT molecular complexity index is 347. The molecule has 0 unspecified atom stereocenters. The number of amides is 1. The maximum Gasteiger partial charge on any atom is 0.407 e. The minimum absolute atomic E-state index is 0.230. The van der Waals surface area contributed by atoms with Gasteiger partial charge in [-0.3, -0.25) is 0 Å². The van der Waals surface area contributed by atoms with E-state index >= 15 is 0 Å². The number of ether oxygens (including phenoxy) is 1. The average molecular weight is 220 g/mol. The molecule has 0 aliphatic heterocycles. The van der Waals surface area contributed by atoms with Gasteiger partial charge >= 0.3 is 6.09 Å². The first-order chi connectivity index (χ1) is 7.72. The maximum atomic E-state index is 11.0. The molecule has 1 aromatic rings. The molecule has 0 aliphatic carbocycles. The van der Waals surface area contributed by atoms with E-state index in [9.17, 15) is 4.79 Å². The zero-order valence-electron chi connectivity index (χ0n) is 9.11. The van der Waals surface area contributed by atoms with Crippen LogP contribution in [0.2, 0.25) is 0 Å². The van der Waals surface area contributed by atoms with Crippen molar-refractivity contribution in [2.24, 2.45) is 0 Å². The number of nitrogens with one attached hydrogen (secondary N) is 1. The predicted octanol–water partition coefficient (Wildman–Crippen LogP) is 1.72. The van der Waals surface area contributed by atoms with E-state index in [0.717, 1.165) is 17.7 Å². The smallest absolute Gasteiger partial charge is 0.407 e. The van der Waals surface area contributed by atoms with Crippen molar-refractivity contribution in [3.63, 3.8) is 0 Å². The average Bonchev–Trinajstić information content (AvgIpc) is 2.29. The molecule has 1 amide bonds. The van der Waals surface area contributed by atoms with Gasteiger partial charge in [-0.2, -0.15) is 0 Å². The lowest BCUT2D eigenvalue weighted by atomic mass is 10.1. The van der Waals surface area contributed by atoms with E-state index < -0.39 is 6.09 Å². The summed E-state index contributed by atoms with van der Waals surface area (Å²) in [6, 6.07) is 7.55. The highest BCUT2D eigenvalue weighted by Crippen LogP contribution is 2.05. The van der Waals surface area contributed by atoms with Crippen LogP contribution in [-0.4, -0.2) is 19.2 Å². The molecule has 86 valence electrons. The Labute approximate surface area is 95.1 Å². The highest BCUT2D eigenvalue weighted by molar-refractivity contribution is 5.67. The summed E-state index contributed by atoms with van der Waals surface area (Å²) in [6.07, 6.45) is 1.86. The van der Waals surface area contributed by atoms with Crippen LogP contribution in [0.3, 0.4) is 0 Å². The number of nitrogen functional groups attached to an aromatic ring is 1. The number of alkyl carbamates (subject to hydrolysis) is 1. The van der Waals surface area contributed by atoms with Crippen LogP contribution in [0.1, 0.15) is 5.56 Å². The van der Waals surface area contributed by atoms with Crippen LogP contribution < -0.4 is 11.1 Å². The van der Waals surface area contributed by atoms with Gasteiger partial charge in [0.15, 0.2) is 0 Å². The lowest BCUT2D eigenvalue weighted by molar-refractivity contribution is 0.158. The Balaban J connectivity index is 2.22. The molecule has 0 aromatic heterocycles. The van der Waals surface area contributed by atoms with Gasteiger partial charge < -0.3 is 15.8 Å². The molecular formula is C12H16N2O2. The van der Waals surface area contributed by atoms with Crippen LogP contribution in [-0.2, 0) is 11.2 Å². The Morgan fingerprint density at radius 1 is 1.44 bits per heavy atom. The van der Waals surface area contributed by atoms with Crippen molar-refractivity contribution in [1.29, 1.82) is 0 Å². The molecule has 4 nitrogen and oxygen atoms in total. The third-order valence-corrected chi connectivity index (χ3v) is 2.00. The summed E-state index contributed by atoms with van der Waals surface area (Å²) in [5.74, 6) is 0. The van der Waals surface area contributed by atoms with E-state index in [2.05, 4.69) is 11.9 Å². The Morgan fingerprint density at radius 3 is 2.75 bits per heavy atom. The molecule has 0 bridgehead atoms. The van der Waals surface area contributed by atoms with Crippen LogP contribution in [0.4, 0.5) is 10.5 Å². The van der Waals surface area contributed by atoms with E-state index in [1.807, 2.05) is 24.3 Å². The van der Waals surface area contributed by atoms with Gasteiger partial charge in [0.05, 0.1) is 0 Å². The molecule has 1 aromatic carbocycles. The summed E-state index contributed by atoms with van der Waals surface area (Å²) in [5.41, 5.74) is 7.42. The first-order valence-corrected chi connectivity index (χ1v) is 5.08. The molecule has 0 aliphatic rings. The van der Waals surface area contributed by atoms with Crippen molar-refractivity contribution in [2.45, 2.75) is 6.42 Å². The van der Waals surface area contributed by atoms with Gasteiger partial charge in [-0.1, -0.05) is 24.8 Å². The molecule has 4 heteroatoms. The van der Waals surface area contributed by atoms with Gasteiger partial charge in [0, 0.05) is 12.2 Å². The van der Waals surface area contributed by atoms with Crippen molar-refractivity contribution in [3.8, 4) is 0 Å². The molecule has 0 fully saturated rings. The van der Waals surface area contributed by atoms with Gasteiger partial charge in [-0.05, 0) is 24.1 Å². The molecule has 3 N–H and O–H groups in total. The SMILES string of the molecule is C=CCOC(=O)NCCc1ccc(N)cc1. The molecular weight excluding hydrogens is 204 g/mol. The molecule has 0 spiro atoms. The molecule has 0 radical (unpaired) electrons. The zero-order chi connectivity index (χ0) is 11.8. The van der Waals surface area contributed by atoms with Crippen LogP contribution in [0, 0.1) is 0 Å². The largest absolute Gasteiger partial charge is 0.445 e. The first kappa shape index (κ1) is 12.1. The lowest BCUT2D eigenvalue weighted by Crippen LogP contribution is -2.26. The fourth-order valence-corrected chi connectivity index (χ4v) is 1.18. The zero-order valence-corrected chi connectivity index (χ0v) is 9.11. The molecule has 0 saturated heterocycles. The van der Waals surface area contributed by atoms with Crippen LogP contribution in [0.25, 0.3) is 0 Å². The van der Waals surface area contributed by atoms with E-state index in [1.54, 1.807) is 0 Å². The molecule has 1 rings (SSSR count). The third-order valence-electron chi connectivity index (χ3n) is 2.00. The topological polar surface area (TPSA) is 64.3 Å². The van der Waals surface area contributed by atoms with Crippen LogP contribution in [0.5, 0.6) is 0 Å². The second-order valence-corrected chi connectivity index (χ2v) is 3.31. The van der Waals surface area contributed by atoms with E-state index in [-0.39, 0.29) is 6.61 Å². The predicted molar refractivity (Wildman–Crippen MR) is 64.1 cm³/mol. The van der Waals surface area contributed by atoms with Crippen LogP contribution >= 0.6 is 0 Å². The number of carbonyl (C=O) groups is 1. The second kappa shape index (κ2) is 6.50. The van der Waals surface area contributed by atoms with Crippen molar-refractivity contribution >= 4 is 11.8 Å². The van der Waals surface area contributed by atoms with E-state index in [1.165, 1.54) is 6.08 Å². The second-order valence-electron chi connectivity index (χ2n) is 3.31. The van der Waals surface area contributed by atoms with E-state index in [0.29, 0.717) is 6.54 Å². The van der Waals surface area contributed by atoms with Gasteiger partial charge in [0.1, 0.15) is 6.61 Å². The van der Waals surface area contributed by atoms with Gasteiger partial charge in [0.25, 0.3) is 0 Å². The first-order valence-electron chi connectivity index (χ1n) is 5.08. The fourth-order valence-electron chi connectivity index (χ4n) is 1.18. The normalized spacial score (nSPS) is 9.50. The molecule has 0 saturated carbocycles. The number of nitrogens with two attached hydrogens (primary N) is 1. The number of rotatable bonds is 5. The Hall–Kier alpha value is -1.97. The number of hydrogen-bond acceptors (Lipinski definition) is 3. The van der Waals surface area contributed by atoms with Crippen molar-refractivity contribution in [2.75, 3.05) is 18.9 Å². The van der Waals surface area contributed by atoms with Gasteiger partial charge in [0.2, 0.25) is 0 Å². The Morgan fingerprint density at radius 2 is 2.12 bits per heavy atom. The van der Waals surface area contributed by atoms with Gasteiger partial charge in [-0.15, -0.1) is 0 Å². The minimum Gasteiger partial charge on any atom is -0.445 e. The standard InChI is InChI=1S/C12H16N2O2/c1-2-9-16-12(15)14-8-7-10-3-5-11(13)6-4-10/h2-6H,1,7-9,13H2,(H,14,15).